The highest BCUT2D eigenvalue weighted by Gasteiger charge is 2.20. The minimum absolute atomic E-state index is 0.128. The molecule has 0 saturated carbocycles. The van der Waals surface area contributed by atoms with Gasteiger partial charge in [0.2, 0.25) is 0 Å². The Labute approximate surface area is 120 Å². The van der Waals surface area contributed by atoms with Gasteiger partial charge in [-0.05, 0) is 19.1 Å². The summed E-state index contributed by atoms with van der Waals surface area (Å²) in [6, 6.07) is 1.92. The number of amides is 2. The van der Waals surface area contributed by atoms with E-state index < -0.39 is 18.0 Å². The summed E-state index contributed by atoms with van der Waals surface area (Å²) in [6.45, 7) is 1.99. The summed E-state index contributed by atoms with van der Waals surface area (Å²) in [5.74, 6) is 0.228. The van der Waals surface area contributed by atoms with Crippen LogP contribution in [0.3, 0.4) is 0 Å². The van der Waals surface area contributed by atoms with Crippen LogP contribution in [0.1, 0.15) is 17.2 Å². The lowest BCUT2D eigenvalue weighted by Gasteiger charge is -2.14. The summed E-state index contributed by atoms with van der Waals surface area (Å²) < 4.78 is 5.30. The van der Waals surface area contributed by atoms with E-state index >= 15 is 0 Å². The Morgan fingerprint density at radius 3 is 2.86 bits per heavy atom. The standard InChI is InChI=1S/C13H16N4O4/c1-8-2-3-10(21-8)6-15-13(20)17-11(12(18)19)4-9-5-14-7-16-9/h2-3,5,7,11H,4,6H2,1H3,(H,14,16)(H,18,19)(H2,15,17,20). The van der Waals surface area contributed by atoms with Gasteiger partial charge in [0.1, 0.15) is 17.6 Å². The fourth-order valence-corrected chi connectivity index (χ4v) is 1.77. The maximum Gasteiger partial charge on any atom is 0.326 e. The second-order valence-corrected chi connectivity index (χ2v) is 4.51. The van der Waals surface area contributed by atoms with E-state index in [0.717, 1.165) is 5.76 Å². The number of hydrogen-bond acceptors (Lipinski definition) is 4. The molecule has 0 aromatic carbocycles. The van der Waals surface area contributed by atoms with E-state index in [-0.39, 0.29) is 13.0 Å². The zero-order valence-corrected chi connectivity index (χ0v) is 11.4. The third-order valence-electron chi connectivity index (χ3n) is 2.80. The molecule has 2 heterocycles. The Morgan fingerprint density at radius 1 is 1.48 bits per heavy atom. The van der Waals surface area contributed by atoms with Gasteiger partial charge in [0, 0.05) is 18.3 Å². The van der Waals surface area contributed by atoms with Crippen molar-refractivity contribution in [2.75, 3.05) is 0 Å². The van der Waals surface area contributed by atoms with Crippen LogP contribution in [0.25, 0.3) is 0 Å². The van der Waals surface area contributed by atoms with E-state index in [9.17, 15) is 9.59 Å². The molecule has 0 aliphatic heterocycles. The van der Waals surface area contributed by atoms with Gasteiger partial charge in [0.05, 0.1) is 12.9 Å². The number of urea groups is 1. The van der Waals surface area contributed by atoms with E-state index in [4.69, 9.17) is 9.52 Å². The number of carboxylic acids is 1. The average molecular weight is 292 g/mol. The zero-order valence-electron chi connectivity index (χ0n) is 11.4. The monoisotopic (exact) mass is 292 g/mol. The smallest absolute Gasteiger partial charge is 0.326 e. The molecule has 0 fully saturated rings. The third-order valence-corrected chi connectivity index (χ3v) is 2.80. The Balaban J connectivity index is 1.84. The minimum atomic E-state index is -1.12. The molecule has 1 atom stereocenters. The number of nitrogens with one attached hydrogen (secondary N) is 3. The number of aryl methyl sites for hydroxylation is 1. The normalized spacial score (nSPS) is 11.9. The van der Waals surface area contributed by atoms with Gasteiger partial charge in [-0.1, -0.05) is 0 Å². The fraction of sp³-hybridized carbons (Fsp3) is 0.308. The van der Waals surface area contributed by atoms with Gasteiger partial charge in [0.15, 0.2) is 0 Å². The number of carbonyl (C=O) groups is 2. The highest BCUT2D eigenvalue weighted by Crippen LogP contribution is 2.05. The highest BCUT2D eigenvalue weighted by molar-refractivity contribution is 5.82. The summed E-state index contributed by atoms with van der Waals surface area (Å²) in [5.41, 5.74) is 0.629. The molecule has 2 rings (SSSR count). The zero-order chi connectivity index (χ0) is 15.2. The van der Waals surface area contributed by atoms with Crippen LogP contribution in [0.5, 0.6) is 0 Å². The van der Waals surface area contributed by atoms with Crippen LogP contribution in [-0.4, -0.2) is 33.1 Å². The molecule has 0 saturated heterocycles. The van der Waals surface area contributed by atoms with Gasteiger partial charge in [0.25, 0.3) is 0 Å². The molecule has 8 nitrogen and oxygen atoms in total. The lowest BCUT2D eigenvalue weighted by molar-refractivity contribution is -0.139. The fourth-order valence-electron chi connectivity index (χ4n) is 1.77. The van der Waals surface area contributed by atoms with Crippen molar-refractivity contribution < 1.29 is 19.1 Å². The van der Waals surface area contributed by atoms with Gasteiger partial charge in [-0.25, -0.2) is 14.6 Å². The summed E-state index contributed by atoms with van der Waals surface area (Å²) in [5, 5.41) is 14.1. The van der Waals surface area contributed by atoms with Crippen LogP contribution in [0.4, 0.5) is 4.79 Å². The van der Waals surface area contributed by atoms with Crippen LogP contribution in [0.15, 0.2) is 29.1 Å². The molecule has 0 radical (unpaired) electrons. The predicted octanol–water partition coefficient (Wildman–Crippen LogP) is 0.806. The molecule has 2 aromatic rings. The number of hydrogen-bond donors (Lipinski definition) is 4. The number of imidazole rings is 1. The summed E-state index contributed by atoms with van der Waals surface area (Å²) in [4.78, 5) is 29.5. The van der Waals surface area contributed by atoms with Gasteiger partial charge < -0.3 is 25.1 Å². The number of aromatic amines is 1. The van der Waals surface area contributed by atoms with Gasteiger partial charge in [-0.15, -0.1) is 0 Å². The summed E-state index contributed by atoms with van der Waals surface area (Å²) >= 11 is 0. The first-order valence-electron chi connectivity index (χ1n) is 6.34. The first-order chi connectivity index (χ1) is 10.0. The van der Waals surface area contributed by atoms with E-state index in [1.807, 2.05) is 0 Å². The molecule has 0 aliphatic carbocycles. The lowest BCUT2D eigenvalue weighted by Crippen LogP contribution is -2.46. The van der Waals surface area contributed by atoms with E-state index in [1.54, 1.807) is 19.1 Å². The Bertz CT molecular complexity index is 605. The molecule has 2 amide bonds. The second kappa shape index (κ2) is 6.60. The average Bonchev–Trinajstić information content (AvgIpc) is 3.07. The van der Waals surface area contributed by atoms with Crippen molar-refractivity contribution in [1.82, 2.24) is 20.6 Å². The van der Waals surface area contributed by atoms with Crippen molar-refractivity contribution in [3.8, 4) is 0 Å². The molecule has 0 aliphatic rings. The maximum atomic E-state index is 11.7. The summed E-state index contributed by atoms with van der Waals surface area (Å²) in [7, 11) is 0. The van der Waals surface area contributed by atoms with E-state index in [2.05, 4.69) is 20.6 Å². The molecule has 112 valence electrons. The largest absolute Gasteiger partial charge is 0.480 e. The molecule has 1 unspecified atom stereocenters. The van der Waals surface area contributed by atoms with Crippen LogP contribution in [0, 0.1) is 6.92 Å². The van der Waals surface area contributed by atoms with Crippen LogP contribution >= 0.6 is 0 Å². The molecule has 8 heteroatoms. The molecule has 0 bridgehead atoms. The Hall–Kier alpha value is -2.77. The Morgan fingerprint density at radius 2 is 2.29 bits per heavy atom. The van der Waals surface area contributed by atoms with E-state index in [0.29, 0.717) is 11.5 Å². The summed E-state index contributed by atoms with van der Waals surface area (Å²) in [6.07, 6.45) is 3.09. The number of H-pyrrole nitrogens is 1. The number of carbonyl (C=O) groups excluding carboxylic acids is 1. The highest BCUT2D eigenvalue weighted by atomic mass is 16.4. The molecular formula is C13H16N4O4. The number of furan rings is 1. The quantitative estimate of drug-likeness (QED) is 0.628. The molecule has 2 aromatic heterocycles. The maximum absolute atomic E-state index is 11.7. The minimum Gasteiger partial charge on any atom is -0.480 e. The Kier molecular flexibility index (Phi) is 4.60. The van der Waals surface area contributed by atoms with Crippen LogP contribution in [0.2, 0.25) is 0 Å². The predicted molar refractivity (Wildman–Crippen MR) is 72.5 cm³/mol. The van der Waals surface area contributed by atoms with Crippen molar-refractivity contribution in [3.63, 3.8) is 0 Å². The second-order valence-electron chi connectivity index (χ2n) is 4.51. The van der Waals surface area contributed by atoms with Crippen molar-refractivity contribution in [2.24, 2.45) is 0 Å². The van der Waals surface area contributed by atoms with Gasteiger partial charge in [-0.2, -0.15) is 0 Å². The van der Waals surface area contributed by atoms with Gasteiger partial charge >= 0.3 is 12.0 Å². The molecular weight excluding hydrogens is 276 g/mol. The molecule has 0 spiro atoms. The first-order valence-corrected chi connectivity index (χ1v) is 6.34. The molecule has 4 N–H and O–H groups in total. The van der Waals surface area contributed by atoms with Crippen molar-refractivity contribution in [2.45, 2.75) is 25.9 Å². The number of aromatic nitrogens is 2. The van der Waals surface area contributed by atoms with Crippen molar-refractivity contribution >= 4 is 12.0 Å². The SMILES string of the molecule is Cc1ccc(CNC(=O)NC(Cc2cnc[nH]2)C(=O)O)o1. The third kappa shape index (κ3) is 4.37. The van der Waals surface area contributed by atoms with Crippen molar-refractivity contribution in [3.05, 3.63) is 41.9 Å². The number of nitrogens with zero attached hydrogens (tertiary/aromatic N) is 1. The molecule has 21 heavy (non-hydrogen) atoms. The van der Waals surface area contributed by atoms with Crippen LogP contribution < -0.4 is 10.6 Å². The number of aliphatic carboxylic acids is 1. The van der Waals surface area contributed by atoms with E-state index in [1.165, 1.54) is 12.5 Å². The van der Waals surface area contributed by atoms with Gasteiger partial charge in [-0.3, -0.25) is 0 Å². The van der Waals surface area contributed by atoms with Crippen LogP contribution in [-0.2, 0) is 17.8 Å². The number of carboxylic acid groups (broad SMARTS) is 1. The topological polar surface area (TPSA) is 120 Å². The lowest BCUT2D eigenvalue weighted by atomic mass is 10.2. The van der Waals surface area contributed by atoms with Crippen molar-refractivity contribution in [1.29, 1.82) is 0 Å². The first kappa shape index (κ1) is 14.6. The number of rotatable bonds is 6.